The molecule has 0 radical (unpaired) electrons. The maximum absolute atomic E-state index is 10.0. The van der Waals surface area contributed by atoms with Gasteiger partial charge in [0.25, 0.3) is 0 Å². The maximum atomic E-state index is 10.0. The quantitative estimate of drug-likeness (QED) is 0.351. The van der Waals surface area contributed by atoms with Crippen LogP contribution in [0, 0.1) is 5.21 Å². The van der Waals surface area contributed by atoms with Gasteiger partial charge in [-0.1, -0.05) is 5.53 Å². The van der Waals surface area contributed by atoms with E-state index < -0.39 is 5.34 Å². The van der Waals surface area contributed by atoms with Crippen molar-refractivity contribution in [2.24, 2.45) is 0 Å². The first-order valence-corrected chi connectivity index (χ1v) is 1.82. The van der Waals surface area contributed by atoms with Crippen LogP contribution in [0.4, 0.5) is 0 Å². The third-order valence-corrected chi connectivity index (χ3v) is 0.412. The van der Waals surface area contributed by atoms with E-state index in [0.29, 0.717) is 0 Å². The van der Waals surface area contributed by atoms with Crippen LogP contribution in [-0.2, 0) is 4.84 Å². The minimum Gasteiger partial charge on any atom is -0.578 e. The normalized spacial score (nSPS) is 14.1. The van der Waals surface area contributed by atoms with Crippen LogP contribution in [0.15, 0.2) is 0 Å². The van der Waals surface area contributed by atoms with Crippen molar-refractivity contribution in [3.63, 3.8) is 0 Å². The Hall–Kier alpha value is -0.200. The molecule has 7 heavy (non-hydrogen) atoms. The second kappa shape index (κ2) is 3.97. The molecule has 0 heterocycles. The first-order valence-electron chi connectivity index (χ1n) is 1.82. The lowest BCUT2D eigenvalue weighted by Gasteiger charge is -2.15. The Morgan fingerprint density at radius 2 is 2.29 bits per heavy atom. The van der Waals surface area contributed by atoms with Crippen LogP contribution in [0.3, 0.4) is 0 Å². The van der Waals surface area contributed by atoms with Gasteiger partial charge < -0.3 is 5.21 Å². The molecule has 5 nitrogen and oxygen atoms in total. The van der Waals surface area contributed by atoms with Gasteiger partial charge >= 0.3 is 0 Å². The molecule has 0 aromatic rings. The smallest absolute Gasteiger partial charge is 0.0983 e. The molecule has 3 N–H and O–H groups in total. The van der Waals surface area contributed by atoms with Crippen LogP contribution < -0.4 is 16.3 Å². The monoisotopic (exact) mass is 107 g/mol. The van der Waals surface area contributed by atoms with Gasteiger partial charge in [-0.2, -0.15) is 4.84 Å². The first kappa shape index (κ1) is 6.80. The second-order valence-electron chi connectivity index (χ2n) is 0.867. The highest BCUT2D eigenvalue weighted by Gasteiger charge is 1.82. The molecule has 0 saturated carbocycles. The molecule has 0 rings (SSSR count). The van der Waals surface area contributed by atoms with E-state index in [2.05, 4.69) is 15.8 Å². The number of hydrogen-bond donors (Lipinski definition) is 3. The topological polar surface area (TPSA) is 60.8 Å². The Kier molecular flexibility index (Phi) is 3.86. The summed E-state index contributed by atoms with van der Waals surface area (Å²) in [6, 6.07) is 0. The van der Waals surface area contributed by atoms with Crippen LogP contribution in [-0.4, -0.2) is 14.2 Å². The fraction of sp³-hybridized carbons (Fsp3) is 1.00. The van der Waals surface area contributed by atoms with Gasteiger partial charge in [-0.25, -0.2) is 5.43 Å². The largest absolute Gasteiger partial charge is 0.578 e. The molecule has 5 heteroatoms. The molecule has 0 aliphatic carbocycles. The Morgan fingerprint density at radius 1 is 1.71 bits per heavy atom. The second-order valence-corrected chi connectivity index (χ2v) is 0.867. The van der Waals surface area contributed by atoms with Crippen molar-refractivity contribution in [3.05, 3.63) is 5.21 Å². The highest BCUT2D eigenvalue weighted by Crippen LogP contribution is 1.26. The van der Waals surface area contributed by atoms with Crippen molar-refractivity contribution in [2.45, 2.75) is 0 Å². The van der Waals surface area contributed by atoms with E-state index in [-0.39, 0.29) is 0 Å². The Morgan fingerprint density at radius 3 is 2.43 bits per heavy atom. The minimum atomic E-state index is -0.484. The Labute approximate surface area is 41.7 Å². The van der Waals surface area contributed by atoms with Gasteiger partial charge in [-0.15, -0.1) is 5.34 Å². The van der Waals surface area contributed by atoms with Gasteiger partial charge in [-0.05, 0) is 0 Å². The number of rotatable bonds is 3. The minimum absolute atomic E-state index is 0.484. The zero-order valence-electron chi connectivity index (χ0n) is 4.32. The predicted molar refractivity (Wildman–Crippen MR) is 23.5 cm³/mol. The van der Waals surface area contributed by atoms with Gasteiger partial charge in [0, 0.05) is 7.05 Å². The third-order valence-electron chi connectivity index (χ3n) is 0.412. The molecule has 0 spiro atoms. The average molecular weight is 107 g/mol. The molecule has 0 saturated heterocycles. The van der Waals surface area contributed by atoms with Gasteiger partial charge in [0.1, 0.15) is 0 Å². The summed E-state index contributed by atoms with van der Waals surface area (Å²) in [4.78, 5) is 4.18. The van der Waals surface area contributed by atoms with E-state index in [1.54, 1.807) is 7.05 Å². The molecule has 0 bridgehead atoms. The SMILES string of the molecule is CNN[NH+]([O-])OC. The molecule has 0 amide bonds. The molecular weight excluding hydrogens is 98.0 g/mol. The van der Waals surface area contributed by atoms with Crippen molar-refractivity contribution in [2.75, 3.05) is 14.2 Å². The van der Waals surface area contributed by atoms with Crippen molar-refractivity contribution in [1.29, 1.82) is 0 Å². The highest BCUT2D eigenvalue weighted by atomic mass is 16.9. The van der Waals surface area contributed by atoms with Crippen LogP contribution in [0.2, 0.25) is 0 Å². The Bertz CT molecular complexity index is 41.9. The van der Waals surface area contributed by atoms with Crippen molar-refractivity contribution < 1.29 is 10.2 Å². The van der Waals surface area contributed by atoms with E-state index in [9.17, 15) is 5.21 Å². The first-order chi connectivity index (χ1) is 3.31. The molecule has 0 aromatic carbocycles. The summed E-state index contributed by atoms with van der Waals surface area (Å²) in [5.41, 5.74) is 4.58. The molecule has 0 aromatic heterocycles. The third kappa shape index (κ3) is 3.64. The predicted octanol–water partition coefficient (Wildman–Crippen LogP) is -2.43. The summed E-state index contributed by atoms with van der Waals surface area (Å²) in [5.74, 6) is 0. The summed E-state index contributed by atoms with van der Waals surface area (Å²) in [6.45, 7) is 0. The zero-order chi connectivity index (χ0) is 5.70. The lowest BCUT2D eigenvalue weighted by molar-refractivity contribution is -1.09. The number of hydrazine groups is 1. The molecular formula is C2H9N3O2. The Balaban J connectivity index is 2.83. The zero-order valence-corrected chi connectivity index (χ0v) is 4.32. The lowest BCUT2D eigenvalue weighted by Crippen LogP contribution is -3.14. The molecule has 0 aliphatic heterocycles. The van der Waals surface area contributed by atoms with Crippen LogP contribution in [0.5, 0.6) is 0 Å². The molecule has 1 unspecified atom stereocenters. The van der Waals surface area contributed by atoms with Gasteiger partial charge in [0.15, 0.2) is 0 Å². The highest BCUT2D eigenvalue weighted by molar-refractivity contribution is 3.92. The van der Waals surface area contributed by atoms with E-state index in [1.807, 2.05) is 0 Å². The van der Waals surface area contributed by atoms with Crippen molar-refractivity contribution in [3.8, 4) is 0 Å². The van der Waals surface area contributed by atoms with Crippen LogP contribution in [0.1, 0.15) is 0 Å². The summed E-state index contributed by atoms with van der Waals surface area (Å²) < 4.78 is 0. The molecule has 0 aliphatic rings. The van der Waals surface area contributed by atoms with Crippen LogP contribution >= 0.6 is 0 Å². The van der Waals surface area contributed by atoms with E-state index in [1.165, 1.54) is 7.11 Å². The summed E-state index contributed by atoms with van der Waals surface area (Å²) in [6.07, 6.45) is 0. The average Bonchev–Trinajstić information content (AvgIpc) is 1.68. The fourth-order valence-electron chi connectivity index (χ4n) is 0.153. The van der Waals surface area contributed by atoms with E-state index in [4.69, 9.17) is 0 Å². The van der Waals surface area contributed by atoms with Crippen LogP contribution in [0.25, 0.3) is 0 Å². The number of hydrogen-bond acceptors (Lipinski definition) is 4. The number of nitrogens with one attached hydrogen (secondary N) is 3. The summed E-state index contributed by atoms with van der Waals surface area (Å²) in [7, 11) is 2.88. The van der Waals surface area contributed by atoms with Crippen molar-refractivity contribution >= 4 is 0 Å². The maximum Gasteiger partial charge on any atom is 0.0983 e. The van der Waals surface area contributed by atoms with Gasteiger partial charge in [0.2, 0.25) is 0 Å². The van der Waals surface area contributed by atoms with Gasteiger partial charge in [-0.3, -0.25) is 0 Å². The van der Waals surface area contributed by atoms with Gasteiger partial charge in [0.05, 0.1) is 7.11 Å². The lowest BCUT2D eigenvalue weighted by atomic mass is 11.5. The molecule has 0 fully saturated rings. The van der Waals surface area contributed by atoms with E-state index >= 15 is 0 Å². The van der Waals surface area contributed by atoms with Crippen molar-refractivity contribution in [1.82, 2.24) is 11.0 Å². The fourth-order valence-corrected chi connectivity index (χ4v) is 0.153. The van der Waals surface area contributed by atoms with E-state index in [0.717, 1.165) is 0 Å². The molecule has 44 valence electrons. The summed E-state index contributed by atoms with van der Waals surface area (Å²) in [5, 5.41) is 9.53. The standard InChI is InChI=1S/C2H9N3O2/c1-3-4-5(6)7-2/h3-5H,1-2H3. The number of quaternary nitrogens is 1. The summed E-state index contributed by atoms with van der Waals surface area (Å²) >= 11 is 0. The molecule has 1 atom stereocenters.